The second kappa shape index (κ2) is 6.28. The molecule has 1 N–H and O–H groups in total. The molecule has 2 heterocycles. The van der Waals surface area contributed by atoms with Gasteiger partial charge in [0.1, 0.15) is 0 Å². The Morgan fingerprint density at radius 1 is 1.08 bits per heavy atom. The van der Waals surface area contributed by atoms with Crippen molar-refractivity contribution in [2.75, 3.05) is 5.32 Å². The Balaban J connectivity index is 1.99. The van der Waals surface area contributed by atoms with Crippen molar-refractivity contribution in [1.82, 2.24) is 14.8 Å². The minimum Gasteiger partial charge on any atom is -0.320 e. The number of rotatable bonds is 3. The lowest BCUT2D eigenvalue weighted by Crippen LogP contribution is -2.20. The Morgan fingerprint density at radius 2 is 1.83 bits per heavy atom. The van der Waals surface area contributed by atoms with E-state index < -0.39 is 0 Å². The van der Waals surface area contributed by atoms with Gasteiger partial charge in [0.25, 0.3) is 5.91 Å². The SMILES string of the molecule is CC(C)(C)c1nn(-c2ccccc2)cc1C(=O)Nc1cccnc1. The summed E-state index contributed by atoms with van der Waals surface area (Å²) in [5.74, 6) is -0.185. The van der Waals surface area contributed by atoms with Crippen LogP contribution in [0.3, 0.4) is 0 Å². The fourth-order valence-corrected chi connectivity index (χ4v) is 2.44. The maximum atomic E-state index is 12.7. The van der Waals surface area contributed by atoms with Crippen molar-refractivity contribution in [3.63, 3.8) is 0 Å². The highest BCUT2D eigenvalue weighted by molar-refractivity contribution is 6.05. The topological polar surface area (TPSA) is 59.8 Å². The molecule has 0 fully saturated rings. The molecule has 3 aromatic rings. The summed E-state index contributed by atoms with van der Waals surface area (Å²) in [6.07, 6.45) is 5.07. The highest BCUT2D eigenvalue weighted by Gasteiger charge is 2.26. The van der Waals surface area contributed by atoms with Crippen molar-refractivity contribution in [1.29, 1.82) is 0 Å². The Kier molecular flexibility index (Phi) is 4.16. The van der Waals surface area contributed by atoms with Crippen LogP contribution < -0.4 is 5.32 Å². The molecule has 0 aliphatic carbocycles. The zero-order valence-corrected chi connectivity index (χ0v) is 14.0. The first-order valence-corrected chi connectivity index (χ1v) is 7.82. The van der Waals surface area contributed by atoms with Crippen LogP contribution in [-0.4, -0.2) is 20.7 Å². The highest BCUT2D eigenvalue weighted by Crippen LogP contribution is 2.26. The first kappa shape index (κ1) is 15.9. The predicted octanol–water partition coefficient (Wildman–Crippen LogP) is 3.82. The van der Waals surface area contributed by atoms with Gasteiger partial charge < -0.3 is 5.32 Å². The van der Waals surface area contributed by atoms with Crippen molar-refractivity contribution in [2.24, 2.45) is 0 Å². The Labute approximate surface area is 141 Å². The molecular weight excluding hydrogens is 300 g/mol. The molecule has 0 saturated carbocycles. The fourth-order valence-electron chi connectivity index (χ4n) is 2.44. The molecule has 0 spiro atoms. The van der Waals surface area contributed by atoms with Crippen LogP contribution in [0, 0.1) is 0 Å². The van der Waals surface area contributed by atoms with Gasteiger partial charge in [-0.2, -0.15) is 5.10 Å². The quantitative estimate of drug-likeness (QED) is 0.798. The zero-order valence-electron chi connectivity index (χ0n) is 14.0. The number of carbonyl (C=O) groups is 1. The number of aromatic nitrogens is 3. The predicted molar refractivity (Wildman–Crippen MR) is 94.5 cm³/mol. The number of para-hydroxylation sites is 1. The molecule has 0 aliphatic heterocycles. The number of nitrogens with one attached hydrogen (secondary N) is 1. The van der Waals surface area contributed by atoms with Crippen molar-refractivity contribution in [3.05, 3.63) is 72.3 Å². The lowest BCUT2D eigenvalue weighted by atomic mass is 9.89. The minimum absolute atomic E-state index is 0.185. The van der Waals surface area contributed by atoms with E-state index in [1.807, 2.05) is 57.2 Å². The molecule has 122 valence electrons. The Hall–Kier alpha value is -2.95. The number of hydrogen-bond acceptors (Lipinski definition) is 3. The molecule has 1 aromatic carbocycles. The number of carbonyl (C=O) groups excluding carboxylic acids is 1. The van der Waals surface area contributed by atoms with Gasteiger partial charge in [-0.25, -0.2) is 4.68 Å². The zero-order chi connectivity index (χ0) is 17.2. The summed E-state index contributed by atoms with van der Waals surface area (Å²) in [4.78, 5) is 16.8. The molecule has 0 bridgehead atoms. The van der Waals surface area contributed by atoms with Gasteiger partial charge in [-0.1, -0.05) is 39.0 Å². The van der Waals surface area contributed by atoms with E-state index in [0.29, 0.717) is 11.3 Å². The van der Waals surface area contributed by atoms with Crippen LogP contribution in [0.25, 0.3) is 5.69 Å². The Morgan fingerprint density at radius 3 is 2.46 bits per heavy atom. The second-order valence-corrected chi connectivity index (χ2v) is 6.62. The monoisotopic (exact) mass is 320 g/mol. The van der Waals surface area contributed by atoms with Crippen LogP contribution in [0.5, 0.6) is 0 Å². The van der Waals surface area contributed by atoms with Gasteiger partial charge in [0.15, 0.2) is 0 Å². The number of amides is 1. The molecule has 3 rings (SSSR count). The van der Waals surface area contributed by atoms with E-state index in [4.69, 9.17) is 0 Å². The molecular formula is C19H20N4O. The summed E-state index contributed by atoms with van der Waals surface area (Å²) >= 11 is 0. The number of benzene rings is 1. The van der Waals surface area contributed by atoms with E-state index in [1.54, 1.807) is 29.3 Å². The largest absolute Gasteiger partial charge is 0.320 e. The summed E-state index contributed by atoms with van der Waals surface area (Å²) in [5.41, 5.74) is 2.66. The van der Waals surface area contributed by atoms with Gasteiger partial charge in [-0.05, 0) is 24.3 Å². The van der Waals surface area contributed by atoms with E-state index in [9.17, 15) is 4.79 Å². The van der Waals surface area contributed by atoms with Crippen molar-refractivity contribution < 1.29 is 4.79 Å². The molecule has 1 amide bonds. The number of hydrogen-bond donors (Lipinski definition) is 1. The van der Waals surface area contributed by atoms with Crippen LogP contribution >= 0.6 is 0 Å². The number of anilines is 1. The summed E-state index contributed by atoms with van der Waals surface area (Å²) in [6.45, 7) is 6.14. The van der Waals surface area contributed by atoms with Crippen LogP contribution in [0.2, 0.25) is 0 Å². The smallest absolute Gasteiger partial charge is 0.259 e. The van der Waals surface area contributed by atoms with E-state index in [2.05, 4.69) is 15.4 Å². The van der Waals surface area contributed by atoms with Gasteiger partial charge in [-0.3, -0.25) is 9.78 Å². The maximum Gasteiger partial charge on any atom is 0.259 e. The summed E-state index contributed by atoms with van der Waals surface area (Å²) < 4.78 is 1.75. The Bertz CT molecular complexity index is 833. The van der Waals surface area contributed by atoms with E-state index in [1.165, 1.54) is 0 Å². The minimum atomic E-state index is -0.248. The summed E-state index contributed by atoms with van der Waals surface area (Å²) in [5, 5.41) is 7.54. The second-order valence-electron chi connectivity index (χ2n) is 6.62. The van der Waals surface area contributed by atoms with Crippen molar-refractivity contribution in [2.45, 2.75) is 26.2 Å². The molecule has 5 nitrogen and oxygen atoms in total. The third-order valence-corrected chi connectivity index (χ3v) is 3.61. The number of nitrogens with zero attached hydrogens (tertiary/aromatic N) is 3. The average molecular weight is 320 g/mol. The molecule has 0 unspecified atom stereocenters. The third kappa shape index (κ3) is 3.35. The highest BCUT2D eigenvalue weighted by atomic mass is 16.1. The lowest BCUT2D eigenvalue weighted by molar-refractivity contribution is 0.102. The van der Waals surface area contributed by atoms with Gasteiger partial charge in [0.2, 0.25) is 0 Å². The molecule has 5 heteroatoms. The molecule has 0 aliphatic rings. The summed E-state index contributed by atoms with van der Waals surface area (Å²) in [6, 6.07) is 13.4. The molecule has 0 radical (unpaired) electrons. The van der Waals surface area contributed by atoms with E-state index >= 15 is 0 Å². The van der Waals surface area contributed by atoms with E-state index in [0.717, 1.165) is 11.4 Å². The van der Waals surface area contributed by atoms with Crippen molar-refractivity contribution >= 4 is 11.6 Å². The van der Waals surface area contributed by atoms with Crippen LogP contribution in [0.1, 0.15) is 36.8 Å². The fraction of sp³-hybridized carbons (Fsp3) is 0.211. The summed E-state index contributed by atoms with van der Waals surface area (Å²) in [7, 11) is 0. The average Bonchev–Trinajstić information content (AvgIpc) is 3.02. The first-order valence-electron chi connectivity index (χ1n) is 7.82. The molecule has 0 atom stereocenters. The van der Waals surface area contributed by atoms with Crippen LogP contribution in [0.4, 0.5) is 5.69 Å². The number of pyridine rings is 1. The van der Waals surface area contributed by atoms with Crippen LogP contribution in [-0.2, 0) is 5.41 Å². The van der Waals surface area contributed by atoms with Gasteiger partial charge in [0.05, 0.1) is 28.8 Å². The van der Waals surface area contributed by atoms with Gasteiger partial charge >= 0.3 is 0 Å². The van der Waals surface area contributed by atoms with E-state index in [-0.39, 0.29) is 11.3 Å². The third-order valence-electron chi connectivity index (χ3n) is 3.61. The van der Waals surface area contributed by atoms with Crippen molar-refractivity contribution in [3.8, 4) is 5.69 Å². The van der Waals surface area contributed by atoms with Gasteiger partial charge in [-0.15, -0.1) is 0 Å². The van der Waals surface area contributed by atoms with Crippen LogP contribution in [0.15, 0.2) is 61.1 Å². The maximum absolute atomic E-state index is 12.7. The molecule has 24 heavy (non-hydrogen) atoms. The van der Waals surface area contributed by atoms with Gasteiger partial charge in [0, 0.05) is 17.8 Å². The lowest BCUT2D eigenvalue weighted by Gasteiger charge is -2.17. The standard InChI is InChI=1S/C19H20N4O/c1-19(2,3)17-16(18(24)21-14-8-7-11-20-12-14)13-23(22-17)15-9-5-4-6-10-15/h4-13H,1-3H3,(H,21,24). The first-order chi connectivity index (χ1) is 11.4. The molecule has 2 aromatic heterocycles. The normalized spacial score (nSPS) is 11.3. The molecule has 0 saturated heterocycles.